The summed E-state index contributed by atoms with van der Waals surface area (Å²) < 4.78 is 12.0. The number of rotatable bonds is 4. The van der Waals surface area contributed by atoms with E-state index in [-0.39, 0.29) is 6.10 Å². The fourth-order valence-electron chi connectivity index (χ4n) is 4.32. The van der Waals surface area contributed by atoms with Crippen LogP contribution in [-0.4, -0.2) is 92.4 Å². The van der Waals surface area contributed by atoms with E-state index in [0.717, 1.165) is 74.7 Å². The molecule has 1 aliphatic heterocycles. The molecule has 0 aromatic carbocycles. The molecule has 0 unspecified atom stereocenters. The summed E-state index contributed by atoms with van der Waals surface area (Å²) in [5.74, 6) is 2.63. The van der Waals surface area contributed by atoms with Crippen molar-refractivity contribution >= 4 is 22.7 Å². The van der Waals surface area contributed by atoms with Crippen LogP contribution >= 0.6 is 0 Å². The number of morpholine rings is 1. The van der Waals surface area contributed by atoms with Gasteiger partial charge in [0.05, 0.1) is 30.2 Å². The smallest absolute Gasteiger partial charge is 0.225 e. The summed E-state index contributed by atoms with van der Waals surface area (Å²) in [6.07, 6.45) is 5.99. The highest BCUT2D eigenvalue weighted by Gasteiger charge is 2.25. The number of aliphatic imine (C=N–C) groups is 1. The summed E-state index contributed by atoms with van der Waals surface area (Å²) in [4.78, 5) is 20.8. The molecule has 0 bridgehead atoms. The molecule has 2 fully saturated rings. The number of hydrogen-bond acceptors (Lipinski definition) is 6. The van der Waals surface area contributed by atoms with Gasteiger partial charge in [0, 0.05) is 53.5 Å². The van der Waals surface area contributed by atoms with Crippen molar-refractivity contribution in [3.05, 3.63) is 24.4 Å². The topological polar surface area (TPSA) is 66.3 Å². The van der Waals surface area contributed by atoms with Gasteiger partial charge in [-0.2, -0.15) is 4.98 Å². The lowest BCUT2D eigenvalue weighted by atomic mass is 9.93. The highest BCUT2D eigenvalue weighted by Crippen LogP contribution is 2.31. The van der Waals surface area contributed by atoms with Crippen molar-refractivity contribution in [2.75, 3.05) is 59.4 Å². The molecule has 0 spiro atoms. The molecule has 0 atom stereocenters. The lowest BCUT2D eigenvalue weighted by molar-refractivity contribution is 0.122. The first-order valence-electron chi connectivity index (χ1n) is 11.2. The van der Waals surface area contributed by atoms with Gasteiger partial charge in [-0.05, 0) is 37.8 Å². The van der Waals surface area contributed by atoms with Crippen LogP contribution in [0.3, 0.4) is 0 Å². The van der Waals surface area contributed by atoms with Crippen LogP contribution in [0, 0.1) is 0 Å². The predicted octanol–water partition coefficient (Wildman–Crippen LogP) is 2.64. The Labute approximate surface area is 184 Å². The third-order valence-corrected chi connectivity index (χ3v) is 5.91. The Kier molecular flexibility index (Phi) is 6.75. The van der Waals surface area contributed by atoms with Gasteiger partial charge in [-0.1, -0.05) is 0 Å². The quantitative estimate of drug-likeness (QED) is 0.550. The van der Waals surface area contributed by atoms with Crippen molar-refractivity contribution < 1.29 is 9.47 Å². The average Bonchev–Trinajstić information content (AvgIpc) is 2.78. The molecule has 8 nitrogen and oxygen atoms in total. The van der Waals surface area contributed by atoms with Crippen LogP contribution in [0.15, 0.2) is 29.4 Å². The minimum Gasteiger partial charge on any atom is -0.474 e. The first-order valence-corrected chi connectivity index (χ1v) is 11.2. The SMILES string of the molecule is CN(C)C(=N[C@H]1CC[C@@H](Oc2nc(N3CCOCC3)cc3ncccc23)CC1)N(C)C. The van der Waals surface area contributed by atoms with E-state index in [2.05, 4.69) is 25.8 Å². The van der Waals surface area contributed by atoms with E-state index >= 15 is 0 Å². The fourth-order valence-corrected chi connectivity index (χ4v) is 4.32. The third-order valence-electron chi connectivity index (χ3n) is 5.91. The molecule has 31 heavy (non-hydrogen) atoms. The standard InChI is InChI=1S/C23H34N6O2/c1-27(2)23(28(3)4)25-17-7-9-18(10-8-17)31-22-19-6-5-11-24-20(19)16-21(26-22)29-12-14-30-15-13-29/h5-6,11,16-18H,7-10,12-15H2,1-4H3/t17-,18+. The molecule has 3 heterocycles. The number of ether oxygens (including phenoxy) is 2. The summed E-state index contributed by atoms with van der Waals surface area (Å²) in [7, 11) is 8.17. The Bertz CT molecular complexity index is 892. The maximum absolute atomic E-state index is 6.47. The number of guanidine groups is 1. The fraction of sp³-hybridized carbons (Fsp3) is 0.609. The zero-order valence-electron chi connectivity index (χ0n) is 19.1. The molecule has 2 aliphatic rings. The molecule has 2 aromatic heterocycles. The Balaban J connectivity index is 1.48. The number of aromatic nitrogens is 2. The zero-order chi connectivity index (χ0) is 21.8. The van der Waals surface area contributed by atoms with Gasteiger partial charge in [-0.25, -0.2) is 4.99 Å². The number of pyridine rings is 2. The van der Waals surface area contributed by atoms with E-state index in [9.17, 15) is 0 Å². The lowest BCUT2D eigenvalue weighted by Gasteiger charge is -2.31. The maximum atomic E-state index is 6.47. The molecular weight excluding hydrogens is 392 g/mol. The molecule has 2 aromatic rings. The summed E-state index contributed by atoms with van der Waals surface area (Å²) in [5.41, 5.74) is 0.925. The number of hydrogen-bond donors (Lipinski definition) is 0. The van der Waals surface area contributed by atoms with Crippen LogP contribution in [0.25, 0.3) is 10.9 Å². The monoisotopic (exact) mass is 426 g/mol. The molecule has 168 valence electrons. The third kappa shape index (κ3) is 5.18. The van der Waals surface area contributed by atoms with E-state index < -0.39 is 0 Å². The zero-order valence-corrected chi connectivity index (χ0v) is 19.1. The van der Waals surface area contributed by atoms with E-state index in [1.807, 2.05) is 46.5 Å². The number of fused-ring (bicyclic) bond motifs is 1. The second-order valence-corrected chi connectivity index (χ2v) is 8.72. The molecule has 8 heteroatoms. The van der Waals surface area contributed by atoms with Crippen molar-refractivity contribution in [2.24, 2.45) is 4.99 Å². The van der Waals surface area contributed by atoms with Crippen LogP contribution in [-0.2, 0) is 4.74 Å². The Hall–Kier alpha value is -2.61. The maximum Gasteiger partial charge on any atom is 0.225 e. The number of nitrogens with zero attached hydrogens (tertiary/aromatic N) is 6. The van der Waals surface area contributed by atoms with Crippen molar-refractivity contribution in [1.29, 1.82) is 0 Å². The van der Waals surface area contributed by atoms with Crippen molar-refractivity contribution in [3.8, 4) is 5.88 Å². The van der Waals surface area contributed by atoms with Gasteiger partial charge in [0.15, 0.2) is 5.96 Å². The summed E-state index contributed by atoms with van der Waals surface area (Å²) >= 11 is 0. The molecular formula is C23H34N6O2. The Morgan fingerprint density at radius 1 is 1.10 bits per heavy atom. The van der Waals surface area contributed by atoms with Gasteiger partial charge < -0.3 is 24.2 Å². The predicted molar refractivity (Wildman–Crippen MR) is 124 cm³/mol. The molecule has 0 amide bonds. The van der Waals surface area contributed by atoms with Crippen LogP contribution in [0.2, 0.25) is 0 Å². The van der Waals surface area contributed by atoms with Crippen LogP contribution in [0.1, 0.15) is 25.7 Å². The minimum absolute atomic E-state index is 0.157. The first kappa shape index (κ1) is 21.6. The second kappa shape index (κ2) is 9.68. The molecule has 1 aliphatic carbocycles. The van der Waals surface area contributed by atoms with E-state index in [4.69, 9.17) is 19.5 Å². The van der Waals surface area contributed by atoms with Crippen LogP contribution in [0.5, 0.6) is 5.88 Å². The largest absolute Gasteiger partial charge is 0.474 e. The highest BCUT2D eigenvalue weighted by molar-refractivity contribution is 5.85. The summed E-state index contributed by atoms with van der Waals surface area (Å²) in [5, 5.41) is 0.974. The van der Waals surface area contributed by atoms with Gasteiger partial charge in [-0.3, -0.25) is 4.98 Å². The van der Waals surface area contributed by atoms with Gasteiger partial charge >= 0.3 is 0 Å². The molecule has 0 N–H and O–H groups in total. The highest BCUT2D eigenvalue weighted by atomic mass is 16.5. The van der Waals surface area contributed by atoms with Crippen LogP contribution in [0.4, 0.5) is 5.82 Å². The normalized spacial score (nSPS) is 21.6. The summed E-state index contributed by atoms with van der Waals surface area (Å²) in [6, 6.07) is 6.39. The molecule has 1 saturated carbocycles. The van der Waals surface area contributed by atoms with Gasteiger partial charge in [0.25, 0.3) is 0 Å². The van der Waals surface area contributed by atoms with Gasteiger partial charge in [0.1, 0.15) is 11.9 Å². The first-order chi connectivity index (χ1) is 15.0. The lowest BCUT2D eigenvalue weighted by Crippen LogP contribution is -2.37. The molecule has 0 radical (unpaired) electrons. The number of anilines is 1. The minimum atomic E-state index is 0.157. The second-order valence-electron chi connectivity index (χ2n) is 8.72. The van der Waals surface area contributed by atoms with E-state index in [1.165, 1.54) is 0 Å². The Morgan fingerprint density at radius 3 is 2.48 bits per heavy atom. The van der Waals surface area contributed by atoms with Gasteiger partial charge in [0.2, 0.25) is 5.88 Å². The van der Waals surface area contributed by atoms with Crippen molar-refractivity contribution in [3.63, 3.8) is 0 Å². The summed E-state index contributed by atoms with van der Waals surface area (Å²) in [6.45, 7) is 3.14. The average molecular weight is 427 g/mol. The van der Waals surface area contributed by atoms with Crippen LogP contribution < -0.4 is 9.64 Å². The van der Waals surface area contributed by atoms with Crippen molar-refractivity contribution in [1.82, 2.24) is 19.8 Å². The molecule has 4 rings (SSSR count). The van der Waals surface area contributed by atoms with E-state index in [1.54, 1.807) is 0 Å². The van der Waals surface area contributed by atoms with E-state index in [0.29, 0.717) is 11.9 Å². The van der Waals surface area contributed by atoms with Crippen molar-refractivity contribution in [2.45, 2.75) is 37.8 Å². The van der Waals surface area contributed by atoms with Gasteiger partial charge in [-0.15, -0.1) is 0 Å². The Morgan fingerprint density at radius 2 is 1.81 bits per heavy atom. The molecule has 1 saturated heterocycles.